The summed E-state index contributed by atoms with van der Waals surface area (Å²) in [5, 5.41) is 4.91. The molecule has 0 bridgehead atoms. The maximum atomic E-state index is 12.1. The van der Waals surface area contributed by atoms with Crippen LogP contribution in [0.15, 0.2) is 53.9 Å². The summed E-state index contributed by atoms with van der Waals surface area (Å²) in [6.45, 7) is -0.411. The molecule has 8 heteroatoms. The van der Waals surface area contributed by atoms with Crippen molar-refractivity contribution < 1.29 is 23.8 Å². The van der Waals surface area contributed by atoms with E-state index in [0.717, 1.165) is 11.3 Å². The fourth-order valence-electron chi connectivity index (χ4n) is 2.34. The molecule has 0 spiro atoms. The third-order valence-corrected chi connectivity index (χ3v) is 4.63. The van der Waals surface area contributed by atoms with Crippen LogP contribution < -0.4 is 14.8 Å². The third-order valence-electron chi connectivity index (χ3n) is 3.74. The van der Waals surface area contributed by atoms with Crippen LogP contribution in [0, 0.1) is 0 Å². The number of benzene rings is 2. The van der Waals surface area contributed by atoms with Crippen molar-refractivity contribution in [1.29, 1.82) is 0 Å². The Morgan fingerprint density at radius 1 is 1.04 bits per heavy atom. The molecule has 0 saturated carbocycles. The Labute approximate surface area is 165 Å². The van der Waals surface area contributed by atoms with Gasteiger partial charge in [0.1, 0.15) is 16.5 Å². The monoisotopic (exact) mass is 398 g/mol. The Hall–Kier alpha value is -3.39. The predicted octanol–water partition coefficient (Wildman–Crippen LogP) is 3.62. The molecule has 0 saturated heterocycles. The van der Waals surface area contributed by atoms with E-state index < -0.39 is 18.5 Å². The minimum Gasteiger partial charge on any atom is -0.497 e. The van der Waals surface area contributed by atoms with Crippen LogP contribution in [0.2, 0.25) is 0 Å². The lowest BCUT2D eigenvalue weighted by molar-refractivity contribution is -0.119. The molecule has 0 aliphatic carbocycles. The minimum atomic E-state index is -0.656. The maximum absolute atomic E-state index is 12.1. The summed E-state index contributed by atoms with van der Waals surface area (Å²) in [6, 6.07) is 14.2. The van der Waals surface area contributed by atoms with Crippen LogP contribution >= 0.6 is 11.3 Å². The predicted molar refractivity (Wildman–Crippen MR) is 106 cm³/mol. The molecule has 0 unspecified atom stereocenters. The van der Waals surface area contributed by atoms with Gasteiger partial charge in [0.05, 0.1) is 14.2 Å². The highest BCUT2D eigenvalue weighted by molar-refractivity contribution is 7.13. The van der Waals surface area contributed by atoms with E-state index in [9.17, 15) is 9.59 Å². The average molecular weight is 398 g/mol. The van der Waals surface area contributed by atoms with Crippen LogP contribution in [0.5, 0.6) is 11.5 Å². The quantitative estimate of drug-likeness (QED) is 0.612. The first kappa shape index (κ1) is 19.4. The molecule has 28 heavy (non-hydrogen) atoms. The summed E-state index contributed by atoms with van der Waals surface area (Å²) in [5.74, 6) is 0.245. The van der Waals surface area contributed by atoms with Gasteiger partial charge in [-0.3, -0.25) is 4.79 Å². The molecule has 3 aromatic rings. The summed E-state index contributed by atoms with van der Waals surface area (Å²) in [7, 11) is 3.13. The van der Waals surface area contributed by atoms with Gasteiger partial charge in [0.25, 0.3) is 5.91 Å². The second-order valence-electron chi connectivity index (χ2n) is 5.62. The molecule has 144 valence electrons. The zero-order chi connectivity index (χ0) is 19.9. The molecule has 0 aliphatic rings. The Kier molecular flexibility index (Phi) is 6.23. The number of nitrogens with one attached hydrogen (secondary N) is 1. The average Bonchev–Trinajstić information content (AvgIpc) is 3.22. The number of hydrogen-bond donors (Lipinski definition) is 1. The summed E-state index contributed by atoms with van der Waals surface area (Å²) in [6.07, 6.45) is 0. The molecule has 0 radical (unpaired) electrons. The van der Waals surface area contributed by atoms with Gasteiger partial charge in [-0.15, -0.1) is 11.3 Å². The zero-order valence-corrected chi connectivity index (χ0v) is 16.1. The molecule has 1 aromatic heterocycles. The first-order valence-electron chi connectivity index (χ1n) is 8.30. The smallest absolute Gasteiger partial charge is 0.358 e. The zero-order valence-electron chi connectivity index (χ0n) is 15.3. The summed E-state index contributed by atoms with van der Waals surface area (Å²) in [5.41, 5.74) is 1.57. The number of anilines is 1. The van der Waals surface area contributed by atoms with Crippen molar-refractivity contribution in [1.82, 2.24) is 4.98 Å². The van der Waals surface area contributed by atoms with Gasteiger partial charge in [-0.1, -0.05) is 6.07 Å². The molecule has 2 aromatic carbocycles. The van der Waals surface area contributed by atoms with Crippen LogP contribution in [0.4, 0.5) is 5.69 Å². The molecule has 1 N–H and O–H groups in total. The number of rotatable bonds is 7. The first-order valence-corrected chi connectivity index (χ1v) is 9.18. The molecular formula is C20H18N2O5S. The van der Waals surface area contributed by atoms with Gasteiger partial charge in [-0.2, -0.15) is 0 Å². The fraction of sp³-hybridized carbons (Fsp3) is 0.150. The van der Waals surface area contributed by atoms with Gasteiger partial charge < -0.3 is 19.5 Å². The summed E-state index contributed by atoms with van der Waals surface area (Å²) >= 11 is 1.32. The Bertz CT molecular complexity index is 969. The molecule has 0 fully saturated rings. The lowest BCUT2D eigenvalue weighted by atomic mass is 10.2. The van der Waals surface area contributed by atoms with Crippen molar-refractivity contribution in [2.24, 2.45) is 0 Å². The minimum absolute atomic E-state index is 0.157. The van der Waals surface area contributed by atoms with Crippen molar-refractivity contribution in [2.75, 3.05) is 26.1 Å². The number of methoxy groups -OCH3 is 2. The van der Waals surface area contributed by atoms with E-state index >= 15 is 0 Å². The first-order chi connectivity index (χ1) is 13.6. The van der Waals surface area contributed by atoms with E-state index in [4.69, 9.17) is 14.2 Å². The van der Waals surface area contributed by atoms with E-state index in [1.165, 1.54) is 18.4 Å². The number of aromatic nitrogens is 1. The van der Waals surface area contributed by atoms with Crippen LogP contribution in [0.3, 0.4) is 0 Å². The van der Waals surface area contributed by atoms with E-state index in [0.29, 0.717) is 16.4 Å². The second-order valence-corrected chi connectivity index (χ2v) is 6.48. The van der Waals surface area contributed by atoms with Crippen molar-refractivity contribution in [3.8, 4) is 22.1 Å². The Balaban J connectivity index is 1.56. The van der Waals surface area contributed by atoms with E-state index in [2.05, 4.69) is 10.3 Å². The van der Waals surface area contributed by atoms with Crippen LogP contribution in [0.25, 0.3) is 10.6 Å². The molecule has 1 amide bonds. The Morgan fingerprint density at radius 2 is 1.79 bits per heavy atom. The standard InChI is InChI=1S/C20H18N2O5S/c1-25-15-8-6-13(7-9-15)19-22-17(12-28-19)20(24)27-11-18(23)21-14-4-3-5-16(10-14)26-2/h3-10,12H,11H2,1-2H3,(H,21,23). The maximum Gasteiger partial charge on any atom is 0.358 e. The summed E-state index contributed by atoms with van der Waals surface area (Å²) < 4.78 is 15.3. The third kappa shape index (κ3) is 4.86. The molecule has 0 atom stereocenters. The number of thiazole rings is 1. The van der Waals surface area contributed by atoms with Crippen LogP contribution in [0.1, 0.15) is 10.5 Å². The number of amides is 1. The number of hydrogen-bond acceptors (Lipinski definition) is 7. The van der Waals surface area contributed by atoms with Crippen molar-refractivity contribution in [3.63, 3.8) is 0 Å². The highest BCUT2D eigenvalue weighted by Gasteiger charge is 2.15. The van der Waals surface area contributed by atoms with E-state index in [1.54, 1.807) is 36.8 Å². The number of nitrogens with zero attached hydrogens (tertiary/aromatic N) is 1. The molecular weight excluding hydrogens is 380 g/mol. The Morgan fingerprint density at radius 3 is 2.50 bits per heavy atom. The highest BCUT2D eigenvalue weighted by atomic mass is 32.1. The van der Waals surface area contributed by atoms with Gasteiger partial charge in [0, 0.05) is 22.7 Å². The molecule has 1 heterocycles. The van der Waals surface area contributed by atoms with E-state index in [-0.39, 0.29) is 5.69 Å². The van der Waals surface area contributed by atoms with Crippen molar-refractivity contribution in [2.45, 2.75) is 0 Å². The highest BCUT2D eigenvalue weighted by Crippen LogP contribution is 2.26. The summed E-state index contributed by atoms with van der Waals surface area (Å²) in [4.78, 5) is 28.4. The number of esters is 1. The van der Waals surface area contributed by atoms with Crippen LogP contribution in [-0.4, -0.2) is 37.7 Å². The van der Waals surface area contributed by atoms with Crippen molar-refractivity contribution in [3.05, 3.63) is 59.6 Å². The number of carbonyl (C=O) groups excluding carboxylic acids is 2. The van der Waals surface area contributed by atoms with E-state index in [1.807, 2.05) is 24.3 Å². The normalized spacial score (nSPS) is 10.2. The number of ether oxygens (including phenoxy) is 3. The lowest BCUT2D eigenvalue weighted by Gasteiger charge is -2.07. The van der Waals surface area contributed by atoms with Gasteiger partial charge in [-0.05, 0) is 36.4 Å². The molecule has 3 rings (SSSR count). The molecule has 0 aliphatic heterocycles. The fourth-order valence-corrected chi connectivity index (χ4v) is 3.13. The van der Waals surface area contributed by atoms with Gasteiger partial charge >= 0.3 is 5.97 Å². The van der Waals surface area contributed by atoms with Crippen LogP contribution in [-0.2, 0) is 9.53 Å². The molecule has 7 nitrogen and oxygen atoms in total. The largest absolute Gasteiger partial charge is 0.497 e. The lowest BCUT2D eigenvalue weighted by Crippen LogP contribution is -2.21. The number of carbonyl (C=O) groups is 2. The van der Waals surface area contributed by atoms with Gasteiger partial charge in [-0.25, -0.2) is 9.78 Å². The van der Waals surface area contributed by atoms with Crippen molar-refractivity contribution >= 4 is 28.9 Å². The topological polar surface area (TPSA) is 86.8 Å². The van der Waals surface area contributed by atoms with Gasteiger partial charge in [0.15, 0.2) is 12.3 Å². The van der Waals surface area contributed by atoms with Gasteiger partial charge in [0.2, 0.25) is 0 Å². The second kappa shape index (κ2) is 9.01. The SMILES string of the molecule is COc1ccc(-c2nc(C(=O)OCC(=O)Nc3cccc(OC)c3)cs2)cc1.